The number of aliphatic hydroxyl groups excluding tert-OH is 1. The maximum absolute atomic E-state index is 13.9. The number of benzene rings is 2. The number of aromatic amines is 1. The topological polar surface area (TPSA) is 103 Å². The number of hydrogen-bond acceptors (Lipinski definition) is 5. The summed E-state index contributed by atoms with van der Waals surface area (Å²) in [4.78, 5) is 15.8. The number of carbonyl (C=O) groups is 1. The van der Waals surface area contributed by atoms with Crippen LogP contribution in [0.1, 0.15) is 11.6 Å². The molecule has 2 aromatic carbocycles. The van der Waals surface area contributed by atoms with Gasteiger partial charge in [0.05, 0.1) is 22.6 Å². The number of aromatic nitrogens is 3. The van der Waals surface area contributed by atoms with Crippen LogP contribution in [0.4, 0.5) is 10.1 Å². The molecule has 4 aromatic rings. The molecule has 0 spiro atoms. The number of nitrogens with zero attached hydrogens (tertiary/aromatic N) is 2. The summed E-state index contributed by atoms with van der Waals surface area (Å²) in [5.41, 5.74) is 3.90. The standard InChI is InChI=1S/C22H20FN5O2/c23-22-18-9-15(6-7-19(18)27-28-22)16-8-17(11-24-10-16)26-20(12-25-21(30)13-29)14-4-2-1-3-5-14/h1-11,20,26,29H,12-13H2,(H,25,30)(H,27,28)/t20-/m1/s1. The van der Waals surface area contributed by atoms with Gasteiger partial charge in [-0.2, -0.15) is 9.49 Å². The fourth-order valence-corrected chi connectivity index (χ4v) is 3.25. The van der Waals surface area contributed by atoms with Crippen LogP contribution in [0.3, 0.4) is 0 Å². The van der Waals surface area contributed by atoms with Crippen molar-refractivity contribution in [1.29, 1.82) is 0 Å². The van der Waals surface area contributed by atoms with E-state index in [-0.39, 0.29) is 6.04 Å². The summed E-state index contributed by atoms with van der Waals surface area (Å²) in [6.07, 6.45) is 3.39. The number of hydrogen-bond donors (Lipinski definition) is 4. The van der Waals surface area contributed by atoms with Gasteiger partial charge in [0.2, 0.25) is 11.9 Å². The van der Waals surface area contributed by atoms with Gasteiger partial charge in [-0.25, -0.2) is 0 Å². The summed E-state index contributed by atoms with van der Waals surface area (Å²) in [5, 5.41) is 21.7. The fraction of sp³-hybridized carbons (Fsp3) is 0.136. The Hall–Kier alpha value is -3.78. The Balaban J connectivity index is 1.60. The van der Waals surface area contributed by atoms with Crippen molar-refractivity contribution < 1.29 is 14.3 Å². The van der Waals surface area contributed by atoms with E-state index < -0.39 is 18.5 Å². The van der Waals surface area contributed by atoms with Crippen LogP contribution in [0.2, 0.25) is 0 Å². The molecule has 2 heterocycles. The largest absolute Gasteiger partial charge is 0.387 e. The average molecular weight is 405 g/mol. The SMILES string of the molecule is O=C(CO)NC[C@@H](Nc1cncc(-c2ccc3n[nH]c(F)c3c2)c1)c1ccccc1. The number of pyridine rings is 1. The average Bonchev–Trinajstić information content (AvgIpc) is 3.17. The van der Waals surface area contributed by atoms with Crippen molar-refractivity contribution >= 4 is 22.5 Å². The molecule has 30 heavy (non-hydrogen) atoms. The number of amides is 1. The summed E-state index contributed by atoms with van der Waals surface area (Å²) in [5.74, 6) is -0.919. The molecule has 7 nitrogen and oxygen atoms in total. The molecule has 0 aliphatic rings. The Morgan fingerprint density at radius 3 is 2.73 bits per heavy atom. The Kier molecular flexibility index (Phi) is 5.67. The molecule has 0 fully saturated rings. The zero-order chi connectivity index (χ0) is 20.9. The van der Waals surface area contributed by atoms with E-state index in [2.05, 4.69) is 25.8 Å². The van der Waals surface area contributed by atoms with E-state index in [1.807, 2.05) is 42.5 Å². The van der Waals surface area contributed by atoms with Gasteiger partial charge in [0, 0.05) is 24.5 Å². The van der Waals surface area contributed by atoms with Crippen LogP contribution in [0.5, 0.6) is 0 Å². The van der Waals surface area contributed by atoms with Gasteiger partial charge in [0.15, 0.2) is 0 Å². The van der Waals surface area contributed by atoms with E-state index in [1.54, 1.807) is 24.5 Å². The maximum atomic E-state index is 13.9. The zero-order valence-corrected chi connectivity index (χ0v) is 16.0. The van der Waals surface area contributed by atoms with Gasteiger partial charge < -0.3 is 15.7 Å². The predicted octanol–water partition coefficient (Wildman–Crippen LogP) is 3.03. The molecular weight excluding hydrogens is 385 g/mol. The predicted molar refractivity (Wildman–Crippen MR) is 112 cm³/mol. The smallest absolute Gasteiger partial charge is 0.245 e. The highest BCUT2D eigenvalue weighted by atomic mass is 19.1. The molecule has 0 saturated heterocycles. The Labute approximate surface area is 172 Å². The number of rotatable bonds is 7. The second-order valence-electron chi connectivity index (χ2n) is 6.80. The van der Waals surface area contributed by atoms with Crippen LogP contribution < -0.4 is 10.6 Å². The Morgan fingerprint density at radius 2 is 1.93 bits per heavy atom. The number of aliphatic hydroxyl groups is 1. The van der Waals surface area contributed by atoms with Gasteiger partial charge >= 0.3 is 0 Å². The molecule has 0 aliphatic heterocycles. The van der Waals surface area contributed by atoms with Gasteiger partial charge in [-0.15, -0.1) is 0 Å². The number of fused-ring (bicyclic) bond motifs is 1. The zero-order valence-electron chi connectivity index (χ0n) is 16.0. The van der Waals surface area contributed by atoms with E-state index in [1.165, 1.54) is 0 Å². The van der Waals surface area contributed by atoms with E-state index in [4.69, 9.17) is 5.11 Å². The van der Waals surface area contributed by atoms with Crippen LogP contribution in [0.15, 0.2) is 67.0 Å². The Morgan fingerprint density at radius 1 is 1.10 bits per heavy atom. The summed E-state index contributed by atoms with van der Waals surface area (Å²) in [7, 11) is 0. The maximum Gasteiger partial charge on any atom is 0.245 e. The van der Waals surface area contributed by atoms with Crippen molar-refractivity contribution in [3.05, 3.63) is 78.5 Å². The summed E-state index contributed by atoms with van der Waals surface area (Å²) < 4.78 is 13.9. The second kappa shape index (κ2) is 8.71. The first kappa shape index (κ1) is 19.5. The normalized spacial score (nSPS) is 11.9. The van der Waals surface area contributed by atoms with E-state index in [9.17, 15) is 9.18 Å². The van der Waals surface area contributed by atoms with Crippen LogP contribution in [0.25, 0.3) is 22.0 Å². The highest BCUT2D eigenvalue weighted by molar-refractivity contribution is 5.84. The lowest BCUT2D eigenvalue weighted by atomic mass is 10.0. The number of carbonyl (C=O) groups excluding carboxylic acids is 1. The van der Waals surface area contributed by atoms with Crippen LogP contribution in [0, 0.1) is 5.95 Å². The van der Waals surface area contributed by atoms with E-state index >= 15 is 0 Å². The van der Waals surface area contributed by atoms with Gasteiger partial charge in [-0.05, 0) is 29.3 Å². The number of anilines is 1. The lowest BCUT2D eigenvalue weighted by Crippen LogP contribution is -2.33. The molecule has 1 amide bonds. The number of H-pyrrole nitrogens is 1. The molecule has 1 atom stereocenters. The summed E-state index contributed by atoms with van der Waals surface area (Å²) in [6.45, 7) is -0.272. The molecule has 2 aromatic heterocycles. The van der Waals surface area contributed by atoms with Gasteiger partial charge in [-0.3, -0.25) is 14.9 Å². The van der Waals surface area contributed by atoms with Crippen molar-refractivity contribution in [3.63, 3.8) is 0 Å². The van der Waals surface area contributed by atoms with E-state index in [0.29, 0.717) is 17.4 Å². The minimum absolute atomic E-state index is 0.229. The first-order chi connectivity index (χ1) is 14.6. The molecule has 0 unspecified atom stereocenters. The summed E-state index contributed by atoms with van der Waals surface area (Å²) >= 11 is 0. The Bertz CT molecular complexity index is 1160. The lowest BCUT2D eigenvalue weighted by molar-refractivity contribution is -0.123. The quantitative estimate of drug-likeness (QED) is 0.379. The first-order valence-electron chi connectivity index (χ1n) is 9.42. The monoisotopic (exact) mass is 405 g/mol. The molecule has 0 saturated carbocycles. The third-order valence-corrected chi connectivity index (χ3v) is 4.77. The van der Waals surface area contributed by atoms with Crippen LogP contribution in [-0.2, 0) is 4.79 Å². The van der Waals surface area contributed by atoms with Crippen LogP contribution in [-0.4, -0.2) is 39.3 Å². The second-order valence-corrected chi connectivity index (χ2v) is 6.80. The fourth-order valence-electron chi connectivity index (χ4n) is 3.25. The van der Waals surface area contributed by atoms with Gasteiger partial charge in [0.1, 0.15) is 6.61 Å². The molecule has 152 valence electrons. The van der Waals surface area contributed by atoms with Gasteiger partial charge in [0.25, 0.3) is 0 Å². The first-order valence-corrected chi connectivity index (χ1v) is 9.42. The van der Waals surface area contributed by atoms with Crippen molar-refractivity contribution in [1.82, 2.24) is 20.5 Å². The molecule has 4 rings (SSSR count). The van der Waals surface area contributed by atoms with Crippen LogP contribution >= 0.6 is 0 Å². The minimum Gasteiger partial charge on any atom is -0.387 e. The molecule has 8 heteroatoms. The third-order valence-electron chi connectivity index (χ3n) is 4.77. The molecule has 0 bridgehead atoms. The van der Waals surface area contributed by atoms with Crippen molar-refractivity contribution in [3.8, 4) is 11.1 Å². The molecule has 0 radical (unpaired) electrons. The van der Waals surface area contributed by atoms with E-state index in [0.717, 1.165) is 22.4 Å². The molecule has 4 N–H and O–H groups in total. The summed E-state index contributed by atoms with van der Waals surface area (Å²) in [6, 6.07) is 16.7. The third kappa shape index (κ3) is 4.28. The number of nitrogens with one attached hydrogen (secondary N) is 3. The number of halogens is 1. The molecular formula is C22H20FN5O2. The highest BCUT2D eigenvalue weighted by Gasteiger charge is 2.14. The van der Waals surface area contributed by atoms with Crippen molar-refractivity contribution in [2.24, 2.45) is 0 Å². The highest BCUT2D eigenvalue weighted by Crippen LogP contribution is 2.27. The minimum atomic E-state index is -0.564. The van der Waals surface area contributed by atoms with Crippen molar-refractivity contribution in [2.75, 3.05) is 18.5 Å². The lowest BCUT2D eigenvalue weighted by Gasteiger charge is -2.21. The molecule has 0 aliphatic carbocycles. The van der Waals surface area contributed by atoms with Gasteiger partial charge in [-0.1, -0.05) is 36.4 Å². The van der Waals surface area contributed by atoms with Crippen molar-refractivity contribution in [2.45, 2.75) is 6.04 Å².